The fraction of sp³-hybridized carbons (Fsp3) is 0.917. The summed E-state index contributed by atoms with van der Waals surface area (Å²) in [6, 6.07) is -0.135. The first-order valence-corrected chi connectivity index (χ1v) is 6.40. The summed E-state index contributed by atoms with van der Waals surface area (Å²) in [7, 11) is 0. The number of piperazine rings is 1. The number of aliphatic hydroxyl groups excluding tert-OH is 1. The van der Waals surface area contributed by atoms with Gasteiger partial charge in [-0.05, 0) is 20.3 Å². The lowest BCUT2D eigenvalue weighted by Gasteiger charge is -2.40. The molecule has 0 aromatic heterocycles. The molecule has 1 heterocycles. The number of carbonyl (C=O) groups is 1. The van der Waals surface area contributed by atoms with Gasteiger partial charge in [-0.15, -0.1) is 0 Å². The molecule has 0 spiro atoms. The van der Waals surface area contributed by atoms with Crippen LogP contribution in [0, 0.1) is 0 Å². The van der Waals surface area contributed by atoms with E-state index in [1.54, 1.807) is 0 Å². The summed E-state index contributed by atoms with van der Waals surface area (Å²) in [5, 5.41) is 15.3. The van der Waals surface area contributed by atoms with Crippen LogP contribution >= 0.6 is 0 Å². The van der Waals surface area contributed by atoms with Gasteiger partial charge in [0.15, 0.2) is 0 Å². The van der Waals surface area contributed by atoms with E-state index in [1.807, 2.05) is 20.8 Å². The summed E-state index contributed by atoms with van der Waals surface area (Å²) in [5.41, 5.74) is -0.509. The third kappa shape index (κ3) is 3.66. The Hall–Kier alpha value is -0.650. The van der Waals surface area contributed by atoms with Crippen molar-refractivity contribution in [2.45, 2.75) is 38.8 Å². The smallest absolute Gasteiger partial charge is 0.240 e. The van der Waals surface area contributed by atoms with Crippen molar-refractivity contribution in [2.24, 2.45) is 0 Å². The highest BCUT2D eigenvalue weighted by Gasteiger charge is 2.35. The topological polar surface area (TPSA) is 64.6 Å². The van der Waals surface area contributed by atoms with Crippen LogP contribution in [0.15, 0.2) is 0 Å². The van der Waals surface area contributed by atoms with Crippen LogP contribution in [-0.2, 0) is 4.79 Å². The van der Waals surface area contributed by atoms with Gasteiger partial charge in [-0.3, -0.25) is 9.69 Å². The Labute approximate surface area is 104 Å². The Morgan fingerprint density at radius 2 is 2.06 bits per heavy atom. The highest BCUT2D eigenvalue weighted by Crippen LogP contribution is 2.15. The zero-order valence-electron chi connectivity index (χ0n) is 11.1. The lowest BCUT2D eigenvalue weighted by atomic mass is 9.99. The number of rotatable bonds is 5. The maximum atomic E-state index is 12.2. The molecule has 17 heavy (non-hydrogen) atoms. The predicted octanol–water partition coefficient (Wildman–Crippen LogP) is -0.443. The van der Waals surface area contributed by atoms with Gasteiger partial charge in [-0.25, -0.2) is 0 Å². The number of carbonyl (C=O) groups excluding carboxylic acids is 1. The first-order valence-electron chi connectivity index (χ1n) is 6.40. The van der Waals surface area contributed by atoms with Crippen LogP contribution in [0.2, 0.25) is 0 Å². The molecule has 0 radical (unpaired) electrons. The van der Waals surface area contributed by atoms with E-state index in [4.69, 9.17) is 5.11 Å². The second-order valence-electron chi connectivity index (χ2n) is 5.06. The summed E-state index contributed by atoms with van der Waals surface area (Å²) < 4.78 is 0. The zero-order chi connectivity index (χ0) is 12.9. The second-order valence-corrected chi connectivity index (χ2v) is 5.06. The Bertz CT molecular complexity index is 246. The van der Waals surface area contributed by atoms with Crippen molar-refractivity contribution in [3.63, 3.8) is 0 Å². The van der Waals surface area contributed by atoms with Gasteiger partial charge in [0.25, 0.3) is 0 Å². The van der Waals surface area contributed by atoms with E-state index in [-0.39, 0.29) is 18.6 Å². The molecular weight excluding hydrogens is 218 g/mol. The normalized spacial score (nSPS) is 20.0. The Morgan fingerprint density at radius 3 is 2.53 bits per heavy atom. The molecule has 1 atom stereocenters. The van der Waals surface area contributed by atoms with Crippen molar-refractivity contribution in [3.05, 3.63) is 0 Å². The maximum absolute atomic E-state index is 12.2. The van der Waals surface area contributed by atoms with Crippen molar-refractivity contribution >= 4 is 5.91 Å². The van der Waals surface area contributed by atoms with Crippen LogP contribution in [0.5, 0.6) is 0 Å². The number of hydrogen-bond acceptors (Lipinski definition) is 4. The van der Waals surface area contributed by atoms with Gasteiger partial charge in [0.1, 0.15) is 0 Å². The van der Waals surface area contributed by atoms with Crippen LogP contribution in [0.3, 0.4) is 0 Å². The molecule has 0 saturated carbocycles. The molecule has 1 rings (SSSR count). The van der Waals surface area contributed by atoms with Crippen LogP contribution < -0.4 is 10.6 Å². The molecule has 1 aliphatic rings. The molecule has 0 aliphatic carbocycles. The molecule has 1 aliphatic heterocycles. The molecule has 100 valence electrons. The van der Waals surface area contributed by atoms with Crippen molar-refractivity contribution in [2.75, 3.05) is 32.8 Å². The summed E-state index contributed by atoms with van der Waals surface area (Å²) in [4.78, 5) is 14.4. The van der Waals surface area contributed by atoms with Crippen LogP contribution in [0.4, 0.5) is 0 Å². The molecule has 0 unspecified atom stereocenters. The summed E-state index contributed by atoms with van der Waals surface area (Å²) >= 11 is 0. The summed E-state index contributed by atoms with van der Waals surface area (Å²) in [5.74, 6) is 0.000278. The molecule has 0 aromatic rings. The van der Waals surface area contributed by atoms with E-state index in [2.05, 4.69) is 15.5 Å². The SMILES string of the molecule is CC[C@H](CO)NC(=O)C(C)(C)N1CCNCC1. The number of amides is 1. The summed E-state index contributed by atoms with van der Waals surface area (Å²) in [6.07, 6.45) is 0.750. The van der Waals surface area contributed by atoms with E-state index in [0.717, 1.165) is 32.6 Å². The largest absolute Gasteiger partial charge is 0.394 e. The van der Waals surface area contributed by atoms with Crippen molar-refractivity contribution in [1.82, 2.24) is 15.5 Å². The highest BCUT2D eigenvalue weighted by molar-refractivity contribution is 5.85. The molecular formula is C12H25N3O2. The van der Waals surface area contributed by atoms with Crippen LogP contribution in [0.1, 0.15) is 27.2 Å². The maximum Gasteiger partial charge on any atom is 0.240 e. The minimum absolute atomic E-state index is 0.000123. The van der Waals surface area contributed by atoms with Crippen molar-refractivity contribution in [3.8, 4) is 0 Å². The highest BCUT2D eigenvalue weighted by atomic mass is 16.3. The van der Waals surface area contributed by atoms with Gasteiger partial charge in [0, 0.05) is 26.2 Å². The third-order valence-corrected chi connectivity index (χ3v) is 3.51. The van der Waals surface area contributed by atoms with E-state index < -0.39 is 5.54 Å². The molecule has 1 amide bonds. The van der Waals surface area contributed by atoms with Gasteiger partial charge in [0.2, 0.25) is 5.91 Å². The second kappa shape index (κ2) is 6.33. The predicted molar refractivity (Wildman–Crippen MR) is 67.8 cm³/mol. The van der Waals surface area contributed by atoms with Crippen LogP contribution in [0.25, 0.3) is 0 Å². The van der Waals surface area contributed by atoms with Gasteiger partial charge in [0.05, 0.1) is 18.2 Å². The molecule has 5 nitrogen and oxygen atoms in total. The first-order chi connectivity index (χ1) is 8.02. The Kier molecular flexibility index (Phi) is 5.36. The number of nitrogens with zero attached hydrogens (tertiary/aromatic N) is 1. The minimum atomic E-state index is -0.509. The molecule has 1 saturated heterocycles. The zero-order valence-corrected chi connectivity index (χ0v) is 11.1. The quantitative estimate of drug-likeness (QED) is 0.612. The van der Waals surface area contributed by atoms with E-state index in [0.29, 0.717) is 0 Å². The average molecular weight is 243 g/mol. The minimum Gasteiger partial charge on any atom is -0.394 e. The summed E-state index contributed by atoms with van der Waals surface area (Å²) in [6.45, 7) is 9.46. The van der Waals surface area contributed by atoms with Crippen molar-refractivity contribution in [1.29, 1.82) is 0 Å². The standard InChI is InChI=1S/C12H25N3O2/c1-4-10(9-16)14-11(17)12(2,3)15-7-5-13-6-8-15/h10,13,16H,4-9H2,1-3H3,(H,14,17)/t10-/m1/s1. The number of hydrogen-bond donors (Lipinski definition) is 3. The fourth-order valence-corrected chi connectivity index (χ4v) is 2.01. The lowest BCUT2D eigenvalue weighted by Crippen LogP contribution is -2.61. The average Bonchev–Trinajstić information content (AvgIpc) is 2.36. The van der Waals surface area contributed by atoms with E-state index in [9.17, 15) is 4.79 Å². The molecule has 1 fully saturated rings. The first kappa shape index (κ1) is 14.4. The van der Waals surface area contributed by atoms with Gasteiger partial charge in [-0.1, -0.05) is 6.92 Å². The van der Waals surface area contributed by atoms with Crippen LogP contribution in [-0.4, -0.2) is 60.3 Å². The molecule has 5 heteroatoms. The Balaban J connectivity index is 2.58. The molecule has 0 bridgehead atoms. The number of nitrogens with one attached hydrogen (secondary N) is 2. The molecule has 3 N–H and O–H groups in total. The Morgan fingerprint density at radius 1 is 1.47 bits per heavy atom. The van der Waals surface area contributed by atoms with Crippen molar-refractivity contribution < 1.29 is 9.90 Å². The monoisotopic (exact) mass is 243 g/mol. The molecule has 0 aromatic carbocycles. The number of aliphatic hydroxyl groups is 1. The third-order valence-electron chi connectivity index (χ3n) is 3.51. The lowest BCUT2D eigenvalue weighted by molar-refractivity contribution is -0.133. The van der Waals surface area contributed by atoms with Gasteiger partial charge >= 0.3 is 0 Å². The van der Waals surface area contributed by atoms with Gasteiger partial charge in [-0.2, -0.15) is 0 Å². The van der Waals surface area contributed by atoms with Gasteiger partial charge < -0.3 is 15.7 Å². The van der Waals surface area contributed by atoms with E-state index >= 15 is 0 Å². The van der Waals surface area contributed by atoms with E-state index in [1.165, 1.54) is 0 Å². The fourth-order valence-electron chi connectivity index (χ4n) is 2.01.